The lowest BCUT2D eigenvalue weighted by Crippen LogP contribution is -2.59. The Kier molecular flexibility index (Phi) is 2.65. The van der Waals surface area contributed by atoms with Gasteiger partial charge in [0.25, 0.3) is 0 Å². The summed E-state index contributed by atoms with van der Waals surface area (Å²) in [5.74, 6) is 1.22. The molecule has 2 atom stereocenters. The van der Waals surface area contributed by atoms with Crippen LogP contribution < -0.4 is 5.69 Å². The lowest BCUT2D eigenvalue weighted by atomic mass is 9.51. The van der Waals surface area contributed by atoms with Gasteiger partial charge in [0.15, 0.2) is 5.65 Å². The first kappa shape index (κ1) is 14.0. The molecule has 4 aliphatic carbocycles. The molecule has 2 aromatic rings. The monoisotopic (exact) mass is 334 g/mol. The number of halogens is 1. The van der Waals surface area contributed by atoms with Gasteiger partial charge in [0.2, 0.25) is 5.28 Å². The number of rotatable bonds is 1. The van der Waals surface area contributed by atoms with Crippen molar-refractivity contribution in [2.75, 3.05) is 0 Å². The lowest BCUT2D eigenvalue weighted by Gasteiger charge is -2.58. The number of aliphatic hydroxyl groups excluding tert-OH is 1. The van der Waals surface area contributed by atoms with E-state index in [0.717, 1.165) is 37.6 Å². The van der Waals surface area contributed by atoms with Gasteiger partial charge in [0, 0.05) is 7.05 Å². The highest BCUT2D eigenvalue weighted by atomic mass is 35.5. The highest BCUT2D eigenvalue weighted by Gasteiger charge is 2.56. The minimum atomic E-state index is -0.218. The van der Waals surface area contributed by atoms with Crippen LogP contribution >= 0.6 is 11.6 Å². The van der Waals surface area contributed by atoms with Gasteiger partial charge in [0.1, 0.15) is 5.52 Å². The zero-order valence-electron chi connectivity index (χ0n) is 12.9. The first-order valence-electron chi connectivity index (χ1n) is 8.27. The molecule has 4 fully saturated rings. The molecule has 2 aromatic heterocycles. The van der Waals surface area contributed by atoms with E-state index in [9.17, 15) is 9.90 Å². The highest BCUT2D eigenvalue weighted by Crippen LogP contribution is 2.58. The van der Waals surface area contributed by atoms with Crippen LogP contribution in [0.15, 0.2) is 11.0 Å². The number of hydrogen-bond acceptors (Lipinski definition) is 4. The number of aliphatic hydroxyl groups is 1. The first-order valence-corrected chi connectivity index (χ1v) is 8.65. The van der Waals surface area contributed by atoms with Gasteiger partial charge >= 0.3 is 5.69 Å². The number of imidazole rings is 1. The van der Waals surface area contributed by atoms with E-state index < -0.39 is 0 Å². The standard InChI is InChI=1S/C16H19ClN4O2/c1-20-11-7-18-14(17)19-13(11)21(15(20)23)16-4-8-2-9(5-16)12(22)10(3-8)6-16/h7-10,12,22H,2-6H2,1H3. The number of hydrogen-bond donors (Lipinski definition) is 1. The van der Waals surface area contributed by atoms with Crippen molar-refractivity contribution in [1.82, 2.24) is 19.1 Å². The van der Waals surface area contributed by atoms with E-state index in [-0.39, 0.29) is 22.6 Å². The van der Waals surface area contributed by atoms with Crippen LogP contribution in [0.1, 0.15) is 32.1 Å². The maximum absolute atomic E-state index is 12.9. The lowest BCUT2D eigenvalue weighted by molar-refractivity contribution is -0.127. The van der Waals surface area contributed by atoms with Crippen LogP contribution in [-0.2, 0) is 12.6 Å². The molecule has 0 radical (unpaired) electrons. The molecule has 6 rings (SSSR count). The van der Waals surface area contributed by atoms with Gasteiger partial charge < -0.3 is 5.11 Å². The fourth-order valence-electron chi connectivity index (χ4n) is 5.75. The predicted octanol–water partition coefficient (Wildman–Crippen LogP) is 1.68. The van der Waals surface area contributed by atoms with Crippen molar-refractivity contribution in [1.29, 1.82) is 0 Å². The Bertz CT molecular complexity index is 857. The fraction of sp³-hybridized carbons (Fsp3) is 0.688. The van der Waals surface area contributed by atoms with Crippen LogP contribution in [0.2, 0.25) is 5.28 Å². The van der Waals surface area contributed by atoms with Crippen LogP contribution in [0.3, 0.4) is 0 Å². The van der Waals surface area contributed by atoms with Crippen molar-refractivity contribution in [3.63, 3.8) is 0 Å². The SMILES string of the molecule is Cn1c(=O)n(C23CC4CC(C2)C(O)C(C4)C3)c2nc(Cl)ncc21. The van der Waals surface area contributed by atoms with Gasteiger partial charge in [-0.25, -0.2) is 9.78 Å². The summed E-state index contributed by atoms with van der Waals surface area (Å²) >= 11 is 6.00. The van der Waals surface area contributed by atoms with Crippen molar-refractivity contribution in [3.8, 4) is 0 Å². The average Bonchev–Trinajstić information content (AvgIpc) is 2.75. The van der Waals surface area contributed by atoms with Crippen molar-refractivity contribution < 1.29 is 5.11 Å². The Morgan fingerprint density at radius 3 is 2.70 bits per heavy atom. The summed E-state index contributed by atoms with van der Waals surface area (Å²) in [7, 11) is 1.76. The zero-order valence-corrected chi connectivity index (χ0v) is 13.7. The number of nitrogens with zero attached hydrogens (tertiary/aromatic N) is 4. The second kappa shape index (κ2) is 4.36. The molecule has 4 bridgehead atoms. The summed E-state index contributed by atoms with van der Waals surface area (Å²) in [5, 5.41) is 10.6. The number of fused-ring (bicyclic) bond motifs is 1. The minimum absolute atomic E-state index is 0.0481. The van der Waals surface area contributed by atoms with Gasteiger partial charge in [-0.2, -0.15) is 4.98 Å². The molecule has 0 saturated heterocycles. The third kappa shape index (κ3) is 1.71. The maximum Gasteiger partial charge on any atom is 0.330 e. The van der Waals surface area contributed by atoms with E-state index >= 15 is 0 Å². The third-order valence-electron chi connectivity index (χ3n) is 6.44. The van der Waals surface area contributed by atoms with E-state index in [0.29, 0.717) is 23.4 Å². The summed E-state index contributed by atoms with van der Waals surface area (Å²) in [5.41, 5.74) is 1.09. The molecular formula is C16H19ClN4O2. The summed E-state index contributed by atoms with van der Waals surface area (Å²) in [6.07, 6.45) is 6.33. The van der Waals surface area contributed by atoms with Gasteiger partial charge in [-0.1, -0.05) is 0 Å². The Hall–Kier alpha value is -1.40. The first-order chi connectivity index (χ1) is 11.0. The molecule has 2 heterocycles. The molecule has 2 unspecified atom stereocenters. The Balaban J connectivity index is 1.76. The molecule has 1 N–H and O–H groups in total. The Morgan fingerprint density at radius 2 is 2.00 bits per heavy atom. The van der Waals surface area contributed by atoms with Crippen LogP contribution in [0.4, 0.5) is 0 Å². The van der Waals surface area contributed by atoms with Crippen LogP contribution in [-0.4, -0.2) is 30.3 Å². The predicted molar refractivity (Wildman–Crippen MR) is 85.3 cm³/mol. The summed E-state index contributed by atoms with van der Waals surface area (Å²) in [4.78, 5) is 21.3. The second-order valence-electron chi connectivity index (χ2n) is 7.71. The van der Waals surface area contributed by atoms with E-state index in [1.54, 1.807) is 17.8 Å². The number of aromatic nitrogens is 4. The van der Waals surface area contributed by atoms with Crippen LogP contribution in [0.5, 0.6) is 0 Å². The number of aryl methyl sites for hydroxylation is 1. The van der Waals surface area contributed by atoms with Crippen molar-refractivity contribution in [2.24, 2.45) is 24.8 Å². The summed E-state index contributed by atoms with van der Waals surface area (Å²) in [6.45, 7) is 0. The van der Waals surface area contributed by atoms with Gasteiger partial charge in [-0.3, -0.25) is 9.13 Å². The third-order valence-corrected chi connectivity index (χ3v) is 6.62. The minimum Gasteiger partial charge on any atom is -0.393 e. The normalized spacial score (nSPS) is 38.6. The van der Waals surface area contributed by atoms with Crippen molar-refractivity contribution in [3.05, 3.63) is 22.0 Å². The Labute approximate surface area is 138 Å². The molecule has 0 amide bonds. The van der Waals surface area contributed by atoms with Gasteiger partial charge in [0.05, 0.1) is 17.8 Å². The van der Waals surface area contributed by atoms with Crippen LogP contribution in [0, 0.1) is 17.8 Å². The molecule has 23 heavy (non-hydrogen) atoms. The van der Waals surface area contributed by atoms with Crippen LogP contribution in [0.25, 0.3) is 11.2 Å². The summed E-state index contributed by atoms with van der Waals surface area (Å²) in [6, 6.07) is 0. The highest BCUT2D eigenvalue weighted by molar-refractivity contribution is 6.28. The second-order valence-corrected chi connectivity index (χ2v) is 8.05. The Morgan fingerprint density at radius 1 is 1.30 bits per heavy atom. The van der Waals surface area contributed by atoms with E-state index in [4.69, 9.17) is 11.6 Å². The average molecular weight is 335 g/mol. The van der Waals surface area contributed by atoms with Crippen molar-refractivity contribution >= 4 is 22.8 Å². The molecule has 122 valence electrons. The van der Waals surface area contributed by atoms with Crippen molar-refractivity contribution in [2.45, 2.75) is 43.7 Å². The molecule has 0 aliphatic heterocycles. The smallest absolute Gasteiger partial charge is 0.330 e. The molecule has 0 spiro atoms. The molecule has 7 heteroatoms. The molecule has 6 nitrogen and oxygen atoms in total. The molecule has 4 saturated carbocycles. The maximum atomic E-state index is 12.9. The summed E-state index contributed by atoms with van der Waals surface area (Å²) < 4.78 is 3.48. The zero-order chi connectivity index (χ0) is 15.9. The van der Waals surface area contributed by atoms with E-state index in [2.05, 4.69) is 9.97 Å². The molecule has 0 aromatic carbocycles. The van der Waals surface area contributed by atoms with Gasteiger partial charge in [-0.05, 0) is 61.5 Å². The van der Waals surface area contributed by atoms with E-state index in [1.807, 2.05) is 4.57 Å². The topological polar surface area (TPSA) is 72.9 Å². The largest absolute Gasteiger partial charge is 0.393 e. The molecule has 4 aliphatic rings. The van der Waals surface area contributed by atoms with E-state index in [1.165, 1.54) is 0 Å². The molecular weight excluding hydrogens is 316 g/mol. The van der Waals surface area contributed by atoms with Gasteiger partial charge in [-0.15, -0.1) is 0 Å². The quantitative estimate of drug-likeness (QED) is 0.805. The fourth-order valence-corrected chi connectivity index (χ4v) is 5.88.